The first-order valence-electron chi connectivity index (χ1n) is 5.56. The van der Waals surface area contributed by atoms with Gasteiger partial charge in [-0.25, -0.2) is 0 Å². The van der Waals surface area contributed by atoms with Crippen LogP contribution in [0.5, 0.6) is 0 Å². The van der Waals surface area contributed by atoms with Crippen LogP contribution in [0.1, 0.15) is 18.1 Å². The Hall–Kier alpha value is -1.55. The molecule has 0 radical (unpaired) electrons. The van der Waals surface area contributed by atoms with Crippen molar-refractivity contribution in [1.29, 1.82) is 0 Å². The van der Waals surface area contributed by atoms with E-state index in [0.717, 1.165) is 13.0 Å². The lowest BCUT2D eigenvalue weighted by Gasteiger charge is -2.13. The molecule has 0 spiro atoms. The molecule has 1 heterocycles. The summed E-state index contributed by atoms with van der Waals surface area (Å²) >= 11 is 0. The number of carbonyl (C=O) groups excluding carboxylic acids is 1. The fraction of sp³-hybridized carbons (Fsp3) is 0.417. The Labute approximate surface area is 95.2 Å². The maximum atomic E-state index is 10.9. The molecule has 4 heteroatoms. The lowest BCUT2D eigenvalue weighted by atomic mass is 10.1. The molecule has 0 saturated heterocycles. The third kappa shape index (κ3) is 2.17. The molecule has 1 aliphatic heterocycles. The summed E-state index contributed by atoms with van der Waals surface area (Å²) in [6, 6.07) is 5.96. The molecule has 1 aliphatic rings. The highest BCUT2D eigenvalue weighted by Gasteiger charge is 2.14. The Morgan fingerprint density at radius 3 is 3.19 bits per heavy atom. The quantitative estimate of drug-likeness (QED) is 0.695. The monoisotopic (exact) mass is 219 g/mol. The standard InChI is InChI=1S/C12H17N3O/c1-8(12(13)16)15-7-10-4-2-3-9-5-6-14-11(9)10/h2-4,8,14-15H,5-7H2,1H3,(H2,13,16). The lowest BCUT2D eigenvalue weighted by Crippen LogP contribution is -2.38. The molecule has 4 nitrogen and oxygen atoms in total. The summed E-state index contributed by atoms with van der Waals surface area (Å²) in [5.74, 6) is -0.319. The number of hydrogen-bond acceptors (Lipinski definition) is 3. The fourth-order valence-electron chi connectivity index (χ4n) is 1.92. The fourth-order valence-corrected chi connectivity index (χ4v) is 1.92. The van der Waals surface area contributed by atoms with Gasteiger partial charge in [0.15, 0.2) is 0 Å². The van der Waals surface area contributed by atoms with Gasteiger partial charge in [-0.2, -0.15) is 0 Å². The Bertz CT molecular complexity index is 403. The minimum Gasteiger partial charge on any atom is -0.384 e. The van der Waals surface area contributed by atoms with Crippen LogP contribution in [0, 0.1) is 0 Å². The van der Waals surface area contributed by atoms with E-state index in [2.05, 4.69) is 28.8 Å². The van der Waals surface area contributed by atoms with Crippen molar-refractivity contribution < 1.29 is 4.79 Å². The molecule has 1 unspecified atom stereocenters. The second-order valence-electron chi connectivity index (χ2n) is 4.13. The first kappa shape index (κ1) is 11.0. The highest BCUT2D eigenvalue weighted by Crippen LogP contribution is 2.26. The van der Waals surface area contributed by atoms with E-state index in [9.17, 15) is 4.79 Å². The number of hydrogen-bond donors (Lipinski definition) is 3. The van der Waals surface area contributed by atoms with Gasteiger partial charge in [0.1, 0.15) is 0 Å². The average molecular weight is 219 g/mol. The molecule has 0 fully saturated rings. The third-order valence-corrected chi connectivity index (χ3v) is 2.96. The number of rotatable bonds is 4. The molecule has 2 rings (SSSR count). The highest BCUT2D eigenvalue weighted by atomic mass is 16.1. The number of carbonyl (C=O) groups is 1. The Kier molecular flexibility index (Phi) is 3.10. The Morgan fingerprint density at radius 2 is 2.44 bits per heavy atom. The summed E-state index contributed by atoms with van der Waals surface area (Å²) in [5, 5.41) is 6.48. The van der Waals surface area contributed by atoms with E-state index in [4.69, 9.17) is 5.73 Å². The molecule has 1 aromatic rings. The number of amides is 1. The average Bonchev–Trinajstić information content (AvgIpc) is 2.73. The van der Waals surface area contributed by atoms with Gasteiger partial charge in [0.05, 0.1) is 6.04 Å². The number of fused-ring (bicyclic) bond motifs is 1. The third-order valence-electron chi connectivity index (χ3n) is 2.96. The van der Waals surface area contributed by atoms with Crippen LogP contribution in [-0.2, 0) is 17.8 Å². The zero-order chi connectivity index (χ0) is 11.5. The van der Waals surface area contributed by atoms with E-state index >= 15 is 0 Å². The topological polar surface area (TPSA) is 67.2 Å². The highest BCUT2D eigenvalue weighted by molar-refractivity contribution is 5.79. The van der Waals surface area contributed by atoms with Gasteiger partial charge in [0, 0.05) is 18.8 Å². The number of nitrogens with two attached hydrogens (primary N) is 1. The van der Waals surface area contributed by atoms with E-state index in [-0.39, 0.29) is 11.9 Å². The van der Waals surface area contributed by atoms with Gasteiger partial charge in [-0.3, -0.25) is 4.79 Å². The van der Waals surface area contributed by atoms with Gasteiger partial charge in [-0.15, -0.1) is 0 Å². The minimum absolute atomic E-state index is 0.294. The van der Waals surface area contributed by atoms with Crippen molar-refractivity contribution in [2.45, 2.75) is 25.9 Å². The summed E-state index contributed by atoms with van der Waals surface area (Å²) in [5.41, 5.74) is 8.96. The molecule has 0 bridgehead atoms. The maximum Gasteiger partial charge on any atom is 0.234 e. The van der Waals surface area contributed by atoms with Crippen LogP contribution in [0.15, 0.2) is 18.2 Å². The summed E-state index contributed by atoms with van der Waals surface area (Å²) in [6.45, 7) is 3.44. The second-order valence-corrected chi connectivity index (χ2v) is 4.13. The zero-order valence-corrected chi connectivity index (χ0v) is 9.42. The molecule has 86 valence electrons. The minimum atomic E-state index is -0.319. The summed E-state index contributed by atoms with van der Waals surface area (Å²) in [6.07, 6.45) is 1.08. The van der Waals surface area contributed by atoms with Gasteiger partial charge in [0.2, 0.25) is 5.91 Å². The Balaban J connectivity index is 2.05. The van der Waals surface area contributed by atoms with Crippen molar-refractivity contribution in [3.8, 4) is 0 Å². The van der Waals surface area contributed by atoms with E-state index < -0.39 is 0 Å². The second kappa shape index (κ2) is 4.53. The molecule has 0 aliphatic carbocycles. The molecule has 0 aromatic heterocycles. The van der Waals surface area contributed by atoms with E-state index in [0.29, 0.717) is 6.54 Å². The van der Waals surface area contributed by atoms with Crippen LogP contribution < -0.4 is 16.4 Å². The molecule has 1 amide bonds. The van der Waals surface area contributed by atoms with Gasteiger partial charge in [-0.1, -0.05) is 18.2 Å². The number of benzene rings is 1. The van der Waals surface area contributed by atoms with E-state index in [1.54, 1.807) is 6.92 Å². The van der Waals surface area contributed by atoms with Crippen molar-refractivity contribution in [2.24, 2.45) is 5.73 Å². The largest absolute Gasteiger partial charge is 0.384 e. The molecule has 16 heavy (non-hydrogen) atoms. The predicted molar refractivity (Wildman–Crippen MR) is 64.1 cm³/mol. The van der Waals surface area contributed by atoms with Crippen molar-refractivity contribution in [3.05, 3.63) is 29.3 Å². The molecule has 4 N–H and O–H groups in total. The van der Waals surface area contributed by atoms with Gasteiger partial charge in [-0.05, 0) is 24.5 Å². The van der Waals surface area contributed by atoms with E-state index in [1.165, 1.54) is 16.8 Å². The number of anilines is 1. The Morgan fingerprint density at radius 1 is 1.62 bits per heavy atom. The van der Waals surface area contributed by atoms with Crippen LogP contribution in [0.3, 0.4) is 0 Å². The van der Waals surface area contributed by atoms with Gasteiger partial charge >= 0.3 is 0 Å². The van der Waals surface area contributed by atoms with Crippen LogP contribution in [0.4, 0.5) is 5.69 Å². The first-order chi connectivity index (χ1) is 7.68. The normalized spacial score (nSPS) is 15.3. The van der Waals surface area contributed by atoms with Crippen molar-refractivity contribution >= 4 is 11.6 Å². The van der Waals surface area contributed by atoms with Crippen LogP contribution in [0.2, 0.25) is 0 Å². The number of primary amides is 1. The molecule has 0 saturated carbocycles. The molecular weight excluding hydrogens is 202 g/mol. The van der Waals surface area contributed by atoms with Crippen LogP contribution in [-0.4, -0.2) is 18.5 Å². The van der Waals surface area contributed by atoms with Crippen molar-refractivity contribution in [2.75, 3.05) is 11.9 Å². The molecule has 1 aromatic carbocycles. The lowest BCUT2D eigenvalue weighted by molar-refractivity contribution is -0.119. The van der Waals surface area contributed by atoms with Crippen molar-refractivity contribution in [1.82, 2.24) is 5.32 Å². The number of nitrogens with one attached hydrogen (secondary N) is 2. The van der Waals surface area contributed by atoms with E-state index in [1.807, 2.05) is 0 Å². The molecule has 1 atom stereocenters. The van der Waals surface area contributed by atoms with Crippen LogP contribution >= 0.6 is 0 Å². The predicted octanol–water partition coefficient (Wildman–Crippen LogP) is 0.618. The van der Waals surface area contributed by atoms with Gasteiger partial charge in [0.25, 0.3) is 0 Å². The summed E-state index contributed by atoms with van der Waals surface area (Å²) in [4.78, 5) is 10.9. The SMILES string of the molecule is CC(NCc1cccc2c1NCC2)C(N)=O. The summed E-state index contributed by atoms with van der Waals surface area (Å²) < 4.78 is 0. The first-order valence-corrected chi connectivity index (χ1v) is 5.56. The number of para-hydroxylation sites is 1. The van der Waals surface area contributed by atoms with Gasteiger partial charge < -0.3 is 16.4 Å². The van der Waals surface area contributed by atoms with Crippen molar-refractivity contribution in [3.63, 3.8) is 0 Å². The maximum absolute atomic E-state index is 10.9. The zero-order valence-electron chi connectivity index (χ0n) is 9.42. The smallest absolute Gasteiger partial charge is 0.234 e. The molecular formula is C12H17N3O. The summed E-state index contributed by atoms with van der Waals surface area (Å²) in [7, 11) is 0. The van der Waals surface area contributed by atoms with Crippen LogP contribution in [0.25, 0.3) is 0 Å².